The van der Waals surface area contributed by atoms with Crippen molar-refractivity contribution in [3.8, 4) is 5.75 Å². The van der Waals surface area contributed by atoms with Gasteiger partial charge in [0.05, 0.1) is 0 Å². The maximum Gasteiger partial charge on any atom is 0.344 e. The molecule has 1 aromatic carbocycles. The Morgan fingerprint density at radius 1 is 1.20 bits per heavy atom. The van der Waals surface area contributed by atoms with Gasteiger partial charge >= 0.3 is 5.97 Å². The highest BCUT2D eigenvalue weighted by Gasteiger charge is 2.16. The summed E-state index contributed by atoms with van der Waals surface area (Å²) >= 11 is 5.38. The molecule has 0 atom stereocenters. The van der Waals surface area contributed by atoms with Crippen LogP contribution >= 0.6 is 11.6 Å². The van der Waals surface area contributed by atoms with Crippen molar-refractivity contribution in [3.63, 3.8) is 0 Å². The fraction of sp³-hybridized carbons (Fsp3) is 0.429. The van der Waals surface area contributed by atoms with Gasteiger partial charge in [0, 0.05) is 5.69 Å². The summed E-state index contributed by atoms with van der Waals surface area (Å²) in [5, 5.41) is 2.60. The summed E-state index contributed by atoms with van der Waals surface area (Å²) in [7, 11) is 0. The van der Waals surface area contributed by atoms with E-state index in [9.17, 15) is 9.59 Å². The second kappa shape index (κ2) is 7.14. The van der Waals surface area contributed by atoms with Gasteiger partial charge in [-0.25, -0.2) is 4.79 Å². The van der Waals surface area contributed by atoms with Crippen LogP contribution in [0.4, 0.5) is 5.69 Å². The van der Waals surface area contributed by atoms with Crippen LogP contribution in [-0.4, -0.2) is 30.0 Å². The molecule has 6 heteroatoms. The van der Waals surface area contributed by atoms with Crippen molar-refractivity contribution in [1.82, 2.24) is 0 Å². The van der Waals surface area contributed by atoms with Crippen molar-refractivity contribution < 1.29 is 19.1 Å². The molecule has 0 saturated carbocycles. The van der Waals surface area contributed by atoms with Gasteiger partial charge in [0.15, 0.2) is 6.61 Å². The average molecular weight is 300 g/mol. The molecule has 5 nitrogen and oxygen atoms in total. The minimum Gasteiger partial charge on any atom is -0.482 e. The molecule has 0 bridgehead atoms. The minimum absolute atomic E-state index is 0.100. The molecule has 0 unspecified atom stereocenters. The molecule has 1 rings (SSSR count). The lowest BCUT2D eigenvalue weighted by Crippen LogP contribution is -2.27. The molecule has 0 fully saturated rings. The summed E-state index contributed by atoms with van der Waals surface area (Å²) in [5.41, 5.74) is 0.0798. The molecule has 0 aliphatic rings. The number of rotatable bonds is 5. The highest BCUT2D eigenvalue weighted by molar-refractivity contribution is 6.29. The molecule has 0 aliphatic heterocycles. The first kappa shape index (κ1) is 16.3. The maximum absolute atomic E-state index is 11.5. The number of hydrogen-bond donors (Lipinski definition) is 1. The smallest absolute Gasteiger partial charge is 0.344 e. The van der Waals surface area contributed by atoms with Gasteiger partial charge in [0.1, 0.15) is 17.2 Å². The molecule has 0 heterocycles. The molecule has 110 valence electrons. The first-order chi connectivity index (χ1) is 9.30. The van der Waals surface area contributed by atoms with E-state index >= 15 is 0 Å². The Labute approximate surface area is 123 Å². The quantitative estimate of drug-likeness (QED) is 0.670. The Morgan fingerprint density at radius 3 is 2.30 bits per heavy atom. The maximum atomic E-state index is 11.5. The fourth-order valence-corrected chi connectivity index (χ4v) is 1.41. The molecule has 1 amide bonds. The lowest BCUT2D eigenvalue weighted by Gasteiger charge is -2.19. The van der Waals surface area contributed by atoms with Crippen LogP contribution in [0.2, 0.25) is 0 Å². The number of amides is 1. The molecule has 1 aromatic rings. The van der Waals surface area contributed by atoms with E-state index in [1.807, 2.05) is 0 Å². The number of ether oxygens (including phenoxy) is 2. The molecule has 1 N–H and O–H groups in total. The second-order valence-electron chi connectivity index (χ2n) is 5.08. The van der Waals surface area contributed by atoms with Crippen molar-refractivity contribution >= 4 is 29.2 Å². The molecule has 0 saturated heterocycles. The first-order valence-corrected chi connectivity index (χ1v) is 6.64. The number of nitrogens with one attached hydrogen (secondary N) is 1. The van der Waals surface area contributed by atoms with Crippen LogP contribution in [0.1, 0.15) is 20.8 Å². The lowest BCUT2D eigenvalue weighted by atomic mass is 10.2. The predicted molar refractivity (Wildman–Crippen MR) is 77.1 cm³/mol. The standard InChI is InChI=1S/C14H18ClNO4/c1-14(2,3)20-13(18)9-19-11-6-4-10(5-7-11)16-12(17)8-15/h4-7H,8-9H2,1-3H3,(H,16,17). The van der Waals surface area contributed by atoms with Crippen molar-refractivity contribution in [3.05, 3.63) is 24.3 Å². The topological polar surface area (TPSA) is 64.6 Å². The molecular weight excluding hydrogens is 282 g/mol. The summed E-state index contributed by atoms with van der Waals surface area (Å²) < 4.78 is 10.4. The highest BCUT2D eigenvalue weighted by atomic mass is 35.5. The van der Waals surface area contributed by atoms with Gasteiger partial charge in [-0.1, -0.05) is 0 Å². The zero-order valence-electron chi connectivity index (χ0n) is 11.7. The minimum atomic E-state index is -0.532. The summed E-state index contributed by atoms with van der Waals surface area (Å²) in [5.74, 6) is -0.303. The highest BCUT2D eigenvalue weighted by Crippen LogP contribution is 2.16. The number of carbonyl (C=O) groups excluding carboxylic acids is 2. The Hall–Kier alpha value is -1.75. The second-order valence-corrected chi connectivity index (χ2v) is 5.35. The third-order valence-corrected chi connectivity index (χ3v) is 2.28. The van der Waals surface area contributed by atoms with E-state index in [4.69, 9.17) is 21.1 Å². The number of benzene rings is 1. The van der Waals surface area contributed by atoms with E-state index < -0.39 is 11.6 Å². The Balaban J connectivity index is 2.46. The summed E-state index contributed by atoms with van der Waals surface area (Å²) in [4.78, 5) is 22.5. The van der Waals surface area contributed by atoms with Crippen LogP contribution < -0.4 is 10.1 Å². The summed E-state index contributed by atoms with van der Waals surface area (Å²) in [6.45, 7) is 5.21. The summed E-state index contributed by atoms with van der Waals surface area (Å²) in [6.07, 6.45) is 0. The van der Waals surface area contributed by atoms with Crippen molar-refractivity contribution in [2.24, 2.45) is 0 Å². The third kappa shape index (κ3) is 6.43. The zero-order valence-corrected chi connectivity index (χ0v) is 12.5. The van der Waals surface area contributed by atoms with E-state index in [1.54, 1.807) is 45.0 Å². The van der Waals surface area contributed by atoms with Crippen LogP contribution in [0, 0.1) is 0 Å². The number of esters is 1. The van der Waals surface area contributed by atoms with Crippen LogP contribution in [0.15, 0.2) is 24.3 Å². The molecule has 0 spiro atoms. The normalized spacial score (nSPS) is 10.8. The van der Waals surface area contributed by atoms with Gasteiger partial charge in [-0.3, -0.25) is 4.79 Å². The Morgan fingerprint density at radius 2 is 1.80 bits per heavy atom. The van der Waals surface area contributed by atoms with Crippen molar-refractivity contribution in [1.29, 1.82) is 0 Å². The van der Waals surface area contributed by atoms with Gasteiger partial charge in [-0.05, 0) is 45.0 Å². The van der Waals surface area contributed by atoms with E-state index in [2.05, 4.69) is 5.32 Å². The average Bonchev–Trinajstić information content (AvgIpc) is 2.36. The SMILES string of the molecule is CC(C)(C)OC(=O)COc1ccc(NC(=O)CCl)cc1. The monoisotopic (exact) mass is 299 g/mol. The predicted octanol–water partition coefficient (Wildman–Crippen LogP) is 2.58. The van der Waals surface area contributed by atoms with Crippen molar-refractivity contribution in [2.45, 2.75) is 26.4 Å². The Bertz CT molecular complexity index is 465. The van der Waals surface area contributed by atoms with Gasteiger partial charge in [0.25, 0.3) is 0 Å². The number of halogens is 1. The molecular formula is C14H18ClNO4. The van der Waals surface area contributed by atoms with Crippen LogP contribution in [0.3, 0.4) is 0 Å². The van der Waals surface area contributed by atoms with E-state index in [1.165, 1.54) is 0 Å². The van der Waals surface area contributed by atoms with Gasteiger partial charge in [-0.2, -0.15) is 0 Å². The fourth-order valence-electron chi connectivity index (χ4n) is 1.34. The van der Waals surface area contributed by atoms with E-state index in [-0.39, 0.29) is 18.4 Å². The molecule has 0 aromatic heterocycles. The van der Waals surface area contributed by atoms with Crippen LogP contribution in [0.5, 0.6) is 5.75 Å². The third-order valence-electron chi connectivity index (χ3n) is 2.04. The largest absolute Gasteiger partial charge is 0.482 e. The molecule has 20 heavy (non-hydrogen) atoms. The van der Waals surface area contributed by atoms with Gasteiger partial charge in [-0.15, -0.1) is 11.6 Å². The lowest BCUT2D eigenvalue weighted by molar-refractivity contribution is -0.157. The van der Waals surface area contributed by atoms with Gasteiger partial charge < -0.3 is 14.8 Å². The first-order valence-electron chi connectivity index (χ1n) is 6.11. The number of carbonyl (C=O) groups is 2. The van der Waals surface area contributed by atoms with E-state index in [0.717, 1.165) is 0 Å². The summed E-state index contributed by atoms with van der Waals surface area (Å²) in [6, 6.07) is 6.62. The zero-order chi connectivity index (χ0) is 15.2. The molecule has 0 radical (unpaired) electrons. The number of hydrogen-bond acceptors (Lipinski definition) is 4. The molecule has 0 aliphatic carbocycles. The Kier molecular flexibility index (Phi) is 5.82. The van der Waals surface area contributed by atoms with Crippen LogP contribution in [-0.2, 0) is 14.3 Å². The van der Waals surface area contributed by atoms with Crippen LogP contribution in [0.25, 0.3) is 0 Å². The number of alkyl halides is 1. The van der Waals surface area contributed by atoms with Gasteiger partial charge in [0.2, 0.25) is 5.91 Å². The van der Waals surface area contributed by atoms with Crippen molar-refractivity contribution in [2.75, 3.05) is 17.8 Å². The number of anilines is 1. The van der Waals surface area contributed by atoms with E-state index in [0.29, 0.717) is 11.4 Å².